The van der Waals surface area contributed by atoms with Crippen molar-refractivity contribution in [2.45, 2.75) is 19.8 Å². The lowest BCUT2D eigenvalue weighted by Gasteiger charge is -2.08. The summed E-state index contributed by atoms with van der Waals surface area (Å²) in [7, 11) is -1.97. The standard InChI is InChI=1S/C15H18N2O4S/c1-3-22(19,20)17-13(18)9-7-11-5-4-6-12-8-10-14(21-2)16-15(11)12/h4-6,8,10H,3,7,9H2,1-2H3,(H,17,18). The van der Waals surface area contributed by atoms with Crippen LogP contribution in [0.1, 0.15) is 18.9 Å². The van der Waals surface area contributed by atoms with Crippen LogP contribution >= 0.6 is 0 Å². The van der Waals surface area contributed by atoms with Crippen LogP contribution in [-0.2, 0) is 21.2 Å². The van der Waals surface area contributed by atoms with Crippen molar-refractivity contribution >= 4 is 26.8 Å². The number of amides is 1. The molecule has 6 nitrogen and oxygen atoms in total. The number of sulfonamides is 1. The highest BCUT2D eigenvalue weighted by molar-refractivity contribution is 7.90. The maximum Gasteiger partial charge on any atom is 0.234 e. The number of carbonyl (C=O) groups is 1. The van der Waals surface area contributed by atoms with Crippen molar-refractivity contribution in [3.63, 3.8) is 0 Å². The van der Waals surface area contributed by atoms with Crippen LogP contribution < -0.4 is 9.46 Å². The van der Waals surface area contributed by atoms with Crippen molar-refractivity contribution < 1.29 is 17.9 Å². The minimum Gasteiger partial charge on any atom is -0.481 e. The number of carbonyl (C=O) groups excluding carboxylic acids is 1. The van der Waals surface area contributed by atoms with Gasteiger partial charge in [-0.15, -0.1) is 0 Å². The van der Waals surface area contributed by atoms with E-state index in [1.165, 1.54) is 6.92 Å². The molecule has 1 N–H and O–H groups in total. The van der Waals surface area contributed by atoms with Crippen LogP contribution in [0.3, 0.4) is 0 Å². The molecule has 7 heteroatoms. The minimum absolute atomic E-state index is 0.0806. The van der Waals surface area contributed by atoms with Crippen molar-refractivity contribution in [2.24, 2.45) is 0 Å². The Hall–Kier alpha value is -2.15. The summed E-state index contributed by atoms with van der Waals surface area (Å²) < 4.78 is 29.9. The molecular formula is C15H18N2O4S. The lowest BCUT2D eigenvalue weighted by atomic mass is 10.1. The number of aryl methyl sites for hydroxylation is 1. The quantitative estimate of drug-likeness (QED) is 0.874. The maximum absolute atomic E-state index is 11.7. The first-order chi connectivity index (χ1) is 10.4. The van der Waals surface area contributed by atoms with Crippen LogP contribution in [0.25, 0.3) is 10.9 Å². The third kappa shape index (κ3) is 3.94. The van der Waals surface area contributed by atoms with Crippen molar-refractivity contribution in [2.75, 3.05) is 12.9 Å². The fourth-order valence-electron chi connectivity index (χ4n) is 2.05. The fraction of sp³-hybridized carbons (Fsp3) is 0.333. The molecule has 2 rings (SSSR count). The summed E-state index contributed by atoms with van der Waals surface area (Å²) >= 11 is 0. The number of pyridine rings is 1. The van der Waals surface area contributed by atoms with Crippen LogP contribution in [-0.4, -0.2) is 32.2 Å². The number of benzene rings is 1. The van der Waals surface area contributed by atoms with Gasteiger partial charge in [0.15, 0.2) is 0 Å². The molecular weight excluding hydrogens is 304 g/mol. The molecule has 0 radical (unpaired) electrons. The van der Waals surface area contributed by atoms with E-state index in [1.54, 1.807) is 13.2 Å². The highest BCUT2D eigenvalue weighted by Gasteiger charge is 2.13. The van der Waals surface area contributed by atoms with Gasteiger partial charge < -0.3 is 4.74 Å². The number of fused-ring (bicyclic) bond motifs is 1. The minimum atomic E-state index is -3.51. The number of methoxy groups -OCH3 is 1. The van der Waals surface area contributed by atoms with Gasteiger partial charge >= 0.3 is 0 Å². The second-order valence-electron chi connectivity index (χ2n) is 4.77. The maximum atomic E-state index is 11.7. The Bertz CT molecular complexity index is 787. The summed E-state index contributed by atoms with van der Waals surface area (Å²) in [4.78, 5) is 16.1. The first kappa shape index (κ1) is 16.2. The molecule has 0 fully saturated rings. The number of nitrogens with one attached hydrogen (secondary N) is 1. The molecule has 0 unspecified atom stereocenters. The van der Waals surface area contributed by atoms with Gasteiger partial charge in [0.1, 0.15) is 0 Å². The summed E-state index contributed by atoms with van der Waals surface area (Å²) in [6, 6.07) is 9.34. The summed E-state index contributed by atoms with van der Waals surface area (Å²) in [5.74, 6) is -0.133. The fourth-order valence-corrected chi connectivity index (χ4v) is 2.64. The van der Waals surface area contributed by atoms with Crippen LogP contribution in [0.2, 0.25) is 0 Å². The number of aromatic nitrogens is 1. The van der Waals surface area contributed by atoms with E-state index in [-0.39, 0.29) is 12.2 Å². The van der Waals surface area contributed by atoms with Gasteiger partial charge in [-0.2, -0.15) is 0 Å². The first-order valence-corrected chi connectivity index (χ1v) is 8.56. The van der Waals surface area contributed by atoms with E-state index in [1.807, 2.05) is 29.0 Å². The van der Waals surface area contributed by atoms with Gasteiger partial charge in [-0.25, -0.2) is 13.4 Å². The molecule has 22 heavy (non-hydrogen) atoms. The Kier molecular flexibility index (Phi) is 4.97. The Morgan fingerprint density at radius 1 is 1.27 bits per heavy atom. The summed E-state index contributed by atoms with van der Waals surface area (Å²) in [6.07, 6.45) is 0.486. The highest BCUT2D eigenvalue weighted by atomic mass is 32.2. The summed E-state index contributed by atoms with van der Waals surface area (Å²) in [6.45, 7) is 1.48. The highest BCUT2D eigenvalue weighted by Crippen LogP contribution is 2.21. The molecule has 1 aromatic heterocycles. The Morgan fingerprint density at radius 3 is 2.73 bits per heavy atom. The number of para-hydroxylation sites is 1. The second-order valence-corrected chi connectivity index (χ2v) is 6.78. The van der Waals surface area contributed by atoms with Gasteiger partial charge in [0.25, 0.3) is 0 Å². The average Bonchev–Trinajstić information content (AvgIpc) is 2.52. The van der Waals surface area contributed by atoms with E-state index in [9.17, 15) is 13.2 Å². The van der Waals surface area contributed by atoms with Crippen LogP contribution in [0, 0.1) is 0 Å². The van der Waals surface area contributed by atoms with Gasteiger partial charge in [0.05, 0.1) is 18.4 Å². The smallest absolute Gasteiger partial charge is 0.234 e. The van der Waals surface area contributed by atoms with Crippen molar-refractivity contribution in [1.82, 2.24) is 9.71 Å². The zero-order chi connectivity index (χ0) is 16.2. The van der Waals surface area contributed by atoms with E-state index >= 15 is 0 Å². The summed E-state index contributed by atoms with van der Waals surface area (Å²) in [5.41, 5.74) is 1.63. The third-order valence-electron chi connectivity index (χ3n) is 3.26. The van der Waals surface area contributed by atoms with Gasteiger partial charge in [-0.05, 0) is 25.0 Å². The van der Waals surface area contributed by atoms with E-state index in [4.69, 9.17) is 4.74 Å². The Balaban J connectivity index is 2.16. The number of hydrogen-bond donors (Lipinski definition) is 1. The molecule has 0 saturated carbocycles. The SMILES string of the molecule is CCS(=O)(=O)NC(=O)CCc1cccc2ccc(OC)nc12. The molecule has 0 aliphatic carbocycles. The van der Waals surface area contributed by atoms with Gasteiger partial charge in [-0.3, -0.25) is 9.52 Å². The number of ether oxygens (including phenoxy) is 1. The lowest BCUT2D eigenvalue weighted by molar-refractivity contribution is -0.119. The van der Waals surface area contributed by atoms with Crippen molar-refractivity contribution in [3.8, 4) is 5.88 Å². The van der Waals surface area contributed by atoms with Gasteiger partial charge in [-0.1, -0.05) is 18.2 Å². The molecule has 0 aliphatic heterocycles. The van der Waals surface area contributed by atoms with Crippen molar-refractivity contribution in [1.29, 1.82) is 0 Å². The monoisotopic (exact) mass is 322 g/mol. The predicted molar refractivity (Wildman–Crippen MR) is 84.2 cm³/mol. The lowest BCUT2D eigenvalue weighted by Crippen LogP contribution is -2.31. The first-order valence-electron chi connectivity index (χ1n) is 6.91. The normalized spacial score (nSPS) is 11.4. The Labute approximate surface area is 129 Å². The largest absolute Gasteiger partial charge is 0.481 e. The second kappa shape index (κ2) is 6.74. The molecule has 1 heterocycles. The molecule has 0 atom stereocenters. The molecule has 1 aromatic carbocycles. The molecule has 0 aliphatic rings. The van der Waals surface area contributed by atoms with Crippen LogP contribution in [0.15, 0.2) is 30.3 Å². The zero-order valence-corrected chi connectivity index (χ0v) is 13.3. The van der Waals surface area contributed by atoms with E-state index in [0.717, 1.165) is 16.5 Å². The van der Waals surface area contributed by atoms with Gasteiger partial charge in [0, 0.05) is 17.9 Å². The molecule has 118 valence electrons. The van der Waals surface area contributed by atoms with Crippen LogP contribution in [0.5, 0.6) is 5.88 Å². The molecule has 0 spiro atoms. The van der Waals surface area contributed by atoms with Crippen molar-refractivity contribution in [3.05, 3.63) is 35.9 Å². The van der Waals surface area contributed by atoms with E-state index in [2.05, 4.69) is 4.98 Å². The predicted octanol–water partition coefficient (Wildman–Crippen LogP) is 1.64. The van der Waals surface area contributed by atoms with Gasteiger partial charge in [0.2, 0.25) is 21.8 Å². The third-order valence-corrected chi connectivity index (χ3v) is 4.56. The van der Waals surface area contributed by atoms with Crippen LogP contribution in [0.4, 0.5) is 0 Å². The number of hydrogen-bond acceptors (Lipinski definition) is 5. The number of nitrogens with zero attached hydrogens (tertiary/aromatic N) is 1. The molecule has 0 saturated heterocycles. The topological polar surface area (TPSA) is 85.4 Å². The van der Waals surface area contributed by atoms with E-state index < -0.39 is 15.9 Å². The zero-order valence-electron chi connectivity index (χ0n) is 12.5. The average molecular weight is 322 g/mol. The van der Waals surface area contributed by atoms with E-state index in [0.29, 0.717) is 12.3 Å². The summed E-state index contributed by atoms with van der Waals surface area (Å²) in [5, 5.41) is 0.944. The molecule has 1 amide bonds. The molecule has 0 bridgehead atoms. The number of rotatable bonds is 6. The molecule has 2 aromatic rings. The Morgan fingerprint density at radius 2 is 2.05 bits per heavy atom.